The molecule has 0 aliphatic rings. The van der Waals surface area contributed by atoms with Crippen LogP contribution in [-0.4, -0.2) is 6.03 Å². The summed E-state index contributed by atoms with van der Waals surface area (Å²) in [7, 11) is 0. The first-order valence-electron chi connectivity index (χ1n) is 7.58. The number of carbonyl (C=O) groups excluding carboxylic acids is 1. The highest BCUT2D eigenvalue weighted by atomic mass is 19.4. The zero-order chi connectivity index (χ0) is 18.0. The van der Waals surface area contributed by atoms with Crippen molar-refractivity contribution in [3.05, 3.63) is 71.8 Å². The van der Waals surface area contributed by atoms with Gasteiger partial charge in [-0.3, -0.25) is 0 Å². The number of nitrogens with one attached hydrogen (secondary N) is 2. The molecule has 0 heterocycles. The van der Waals surface area contributed by atoms with Crippen LogP contribution < -0.4 is 10.6 Å². The summed E-state index contributed by atoms with van der Waals surface area (Å²) in [5.74, 6) is 0. The fourth-order valence-corrected chi connectivity index (χ4v) is 2.63. The molecule has 0 radical (unpaired) electrons. The normalized spacial score (nSPS) is 11.4. The molecule has 2 amide bonds. The standard InChI is InChI=1S/C19H15F3N2O/c1-12-5-2-9-16-15(12)8-4-10-17(16)24-18(25)23-14-7-3-6-13(11-14)19(20,21)22/h2-11H,1H3,(H2,23,24,25). The zero-order valence-corrected chi connectivity index (χ0v) is 13.3. The topological polar surface area (TPSA) is 41.1 Å². The molecule has 0 saturated carbocycles. The third kappa shape index (κ3) is 3.74. The smallest absolute Gasteiger partial charge is 0.308 e. The third-order valence-electron chi connectivity index (χ3n) is 3.84. The largest absolute Gasteiger partial charge is 0.416 e. The lowest BCUT2D eigenvalue weighted by Gasteiger charge is -2.12. The molecule has 0 unspecified atom stereocenters. The minimum atomic E-state index is -4.46. The highest BCUT2D eigenvalue weighted by molar-refractivity contribution is 6.06. The third-order valence-corrected chi connectivity index (χ3v) is 3.84. The van der Waals surface area contributed by atoms with Crippen molar-refractivity contribution in [1.82, 2.24) is 0 Å². The van der Waals surface area contributed by atoms with Crippen molar-refractivity contribution in [3.8, 4) is 0 Å². The lowest BCUT2D eigenvalue weighted by Crippen LogP contribution is -2.20. The second kappa shape index (κ2) is 6.47. The minimum Gasteiger partial charge on any atom is -0.308 e. The van der Waals surface area contributed by atoms with Crippen LogP contribution in [0, 0.1) is 6.92 Å². The first-order valence-corrected chi connectivity index (χ1v) is 7.58. The van der Waals surface area contributed by atoms with Crippen LogP contribution in [-0.2, 0) is 6.18 Å². The van der Waals surface area contributed by atoms with Crippen LogP contribution in [0.15, 0.2) is 60.7 Å². The highest BCUT2D eigenvalue weighted by Gasteiger charge is 2.30. The van der Waals surface area contributed by atoms with Gasteiger partial charge in [-0.1, -0.05) is 36.4 Å². The summed E-state index contributed by atoms with van der Waals surface area (Å²) in [5, 5.41) is 6.98. The van der Waals surface area contributed by atoms with E-state index in [-0.39, 0.29) is 5.69 Å². The number of rotatable bonds is 2. The maximum absolute atomic E-state index is 12.7. The molecule has 0 aromatic heterocycles. The number of hydrogen-bond donors (Lipinski definition) is 2. The molecule has 3 aromatic carbocycles. The first-order chi connectivity index (χ1) is 11.8. The van der Waals surface area contributed by atoms with Gasteiger partial charge in [0.25, 0.3) is 0 Å². The Hall–Kier alpha value is -3.02. The number of benzene rings is 3. The Bertz CT molecular complexity index is 935. The molecule has 3 rings (SSSR count). The number of amides is 2. The van der Waals surface area contributed by atoms with Gasteiger partial charge in [0.2, 0.25) is 0 Å². The van der Waals surface area contributed by atoms with E-state index in [2.05, 4.69) is 10.6 Å². The molecular weight excluding hydrogens is 329 g/mol. The predicted molar refractivity (Wildman–Crippen MR) is 92.8 cm³/mol. The van der Waals surface area contributed by atoms with Gasteiger partial charge in [0.15, 0.2) is 0 Å². The van der Waals surface area contributed by atoms with E-state index in [0.717, 1.165) is 28.5 Å². The van der Waals surface area contributed by atoms with E-state index in [1.165, 1.54) is 12.1 Å². The van der Waals surface area contributed by atoms with Gasteiger partial charge in [-0.2, -0.15) is 13.2 Å². The molecule has 0 fully saturated rings. The van der Waals surface area contributed by atoms with E-state index in [1.807, 2.05) is 37.3 Å². The zero-order valence-electron chi connectivity index (χ0n) is 13.3. The molecule has 0 spiro atoms. The molecule has 0 saturated heterocycles. The number of halogens is 3. The van der Waals surface area contributed by atoms with Crippen molar-refractivity contribution < 1.29 is 18.0 Å². The van der Waals surface area contributed by atoms with Gasteiger partial charge in [-0.25, -0.2) is 4.79 Å². The van der Waals surface area contributed by atoms with Crippen LogP contribution in [0.25, 0.3) is 10.8 Å². The number of aryl methyl sites for hydroxylation is 1. The molecule has 3 nitrogen and oxygen atoms in total. The summed E-state index contributed by atoms with van der Waals surface area (Å²) in [4.78, 5) is 12.2. The van der Waals surface area contributed by atoms with Crippen LogP contribution in [0.3, 0.4) is 0 Å². The Morgan fingerprint density at radius 2 is 1.56 bits per heavy atom. The van der Waals surface area contributed by atoms with Crippen molar-refractivity contribution >= 4 is 28.2 Å². The second-order valence-electron chi connectivity index (χ2n) is 5.63. The molecule has 128 valence electrons. The van der Waals surface area contributed by atoms with Gasteiger partial charge >= 0.3 is 12.2 Å². The molecule has 0 bridgehead atoms. The van der Waals surface area contributed by atoms with Crippen LogP contribution in [0.2, 0.25) is 0 Å². The monoisotopic (exact) mass is 344 g/mol. The molecule has 0 aliphatic carbocycles. The Balaban J connectivity index is 1.81. The number of hydrogen-bond acceptors (Lipinski definition) is 1. The predicted octanol–water partition coefficient (Wildman–Crippen LogP) is 5.81. The summed E-state index contributed by atoms with van der Waals surface area (Å²) in [6, 6.07) is 15.1. The van der Waals surface area contributed by atoms with Crippen LogP contribution >= 0.6 is 0 Å². The van der Waals surface area contributed by atoms with Crippen LogP contribution in [0.4, 0.5) is 29.3 Å². The Labute approximate surface area is 142 Å². The molecule has 2 N–H and O–H groups in total. The summed E-state index contributed by atoms with van der Waals surface area (Å²) < 4.78 is 38.2. The van der Waals surface area contributed by atoms with Crippen LogP contribution in [0.1, 0.15) is 11.1 Å². The minimum absolute atomic E-state index is 0.0729. The fourth-order valence-electron chi connectivity index (χ4n) is 2.63. The fraction of sp³-hybridized carbons (Fsp3) is 0.105. The van der Waals surface area contributed by atoms with E-state index in [0.29, 0.717) is 5.69 Å². The van der Waals surface area contributed by atoms with Gasteiger partial charge in [-0.15, -0.1) is 0 Å². The summed E-state index contributed by atoms with van der Waals surface area (Å²) >= 11 is 0. The average Bonchev–Trinajstić information content (AvgIpc) is 2.55. The van der Waals surface area contributed by atoms with Crippen molar-refractivity contribution in [2.45, 2.75) is 13.1 Å². The first kappa shape index (κ1) is 16.8. The lowest BCUT2D eigenvalue weighted by atomic mass is 10.0. The molecular formula is C19H15F3N2O. The van der Waals surface area contributed by atoms with Gasteiger partial charge < -0.3 is 10.6 Å². The lowest BCUT2D eigenvalue weighted by molar-refractivity contribution is -0.137. The van der Waals surface area contributed by atoms with E-state index in [4.69, 9.17) is 0 Å². The van der Waals surface area contributed by atoms with Gasteiger partial charge in [0.05, 0.1) is 11.3 Å². The van der Waals surface area contributed by atoms with Crippen LogP contribution in [0.5, 0.6) is 0 Å². The van der Waals surface area contributed by atoms with Crippen molar-refractivity contribution in [2.75, 3.05) is 10.6 Å². The molecule has 0 aliphatic heterocycles. The molecule has 25 heavy (non-hydrogen) atoms. The maximum atomic E-state index is 12.7. The molecule has 0 atom stereocenters. The Morgan fingerprint density at radius 3 is 2.32 bits per heavy atom. The van der Waals surface area contributed by atoms with Crippen molar-refractivity contribution in [1.29, 1.82) is 0 Å². The van der Waals surface area contributed by atoms with Crippen molar-refractivity contribution in [2.24, 2.45) is 0 Å². The SMILES string of the molecule is Cc1cccc2c(NC(=O)Nc3cccc(C(F)(F)F)c3)cccc12. The van der Waals surface area contributed by atoms with E-state index in [9.17, 15) is 18.0 Å². The number of fused-ring (bicyclic) bond motifs is 1. The van der Waals surface area contributed by atoms with E-state index in [1.54, 1.807) is 6.07 Å². The van der Waals surface area contributed by atoms with Gasteiger partial charge in [-0.05, 0) is 42.1 Å². The Morgan fingerprint density at radius 1 is 0.880 bits per heavy atom. The highest BCUT2D eigenvalue weighted by Crippen LogP contribution is 2.31. The van der Waals surface area contributed by atoms with E-state index >= 15 is 0 Å². The number of alkyl halides is 3. The number of anilines is 2. The average molecular weight is 344 g/mol. The molecule has 6 heteroatoms. The maximum Gasteiger partial charge on any atom is 0.416 e. The Kier molecular flexibility index (Phi) is 4.35. The summed E-state index contributed by atoms with van der Waals surface area (Å²) in [6.07, 6.45) is -4.46. The number of carbonyl (C=O) groups is 1. The summed E-state index contributed by atoms with van der Waals surface area (Å²) in [6.45, 7) is 1.97. The summed E-state index contributed by atoms with van der Waals surface area (Å²) in [5.41, 5.74) is 0.917. The second-order valence-corrected chi connectivity index (χ2v) is 5.63. The quantitative estimate of drug-likeness (QED) is 0.605. The van der Waals surface area contributed by atoms with Crippen molar-refractivity contribution in [3.63, 3.8) is 0 Å². The molecule has 3 aromatic rings. The van der Waals surface area contributed by atoms with E-state index < -0.39 is 17.8 Å². The number of urea groups is 1. The van der Waals surface area contributed by atoms with Gasteiger partial charge in [0, 0.05) is 11.1 Å². The van der Waals surface area contributed by atoms with Gasteiger partial charge in [0.1, 0.15) is 0 Å².